The molecule has 0 fully saturated rings. The van der Waals surface area contributed by atoms with E-state index < -0.39 is 0 Å². The van der Waals surface area contributed by atoms with Gasteiger partial charge < -0.3 is 15.0 Å². The average Bonchev–Trinajstić information content (AvgIpc) is 2.53. The Labute approximate surface area is 83.8 Å². The Hall–Kier alpha value is -0.910. The zero-order valence-electron chi connectivity index (χ0n) is 8.69. The fraction of sp³-hybridized carbons (Fsp3) is 0.667. The van der Waals surface area contributed by atoms with Crippen LogP contribution >= 0.6 is 0 Å². The molecule has 14 heavy (non-hydrogen) atoms. The lowest BCUT2D eigenvalue weighted by atomic mass is 10.3. The van der Waals surface area contributed by atoms with Crippen LogP contribution < -0.4 is 5.73 Å². The molecule has 0 aliphatic heterocycles. The Balaban J connectivity index is 2.42. The van der Waals surface area contributed by atoms with Crippen LogP contribution in [-0.2, 0) is 17.9 Å². The molecular weight excluding hydrogens is 182 g/mol. The summed E-state index contributed by atoms with van der Waals surface area (Å²) in [5.74, 6) is 0.753. The van der Waals surface area contributed by atoms with Gasteiger partial charge in [0.2, 0.25) is 0 Å². The maximum Gasteiger partial charge on any atom is 0.162 e. The van der Waals surface area contributed by atoms with E-state index in [0.717, 1.165) is 24.5 Å². The van der Waals surface area contributed by atoms with Gasteiger partial charge in [0.15, 0.2) is 5.76 Å². The summed E-state index contributed by atoms with van der Waals surface area (Å²) in [6.45, 7) is 2.73. The van der Waals surface area contributed by atoms with Crippen molar-refractivity contribution in [1.29, 1.82) is 0 Å². The number of methoxy groups -OCH3 is 1. The summed E-state index contributed by atoms with van der Waals surface area (Å²) in [6.07, 6.45) is 0. The minimum atomic E-state index is 0.466. The van der Waals surface area contributed by atoms with Crippen LogP contribution in [0.2, 0.25) is 0 Å². The van der Waals surface area contributed by atoms with Gasteiger partial charge in [-0.15, -0.1) is 0 Å². The average molecular weight is 199 g/mol. The quantitative estimate of drug-likeness (QED) is 0.709. The maximum atomic E-state index is 5.43. The first-order valence-corrected chi connectivity index (χ1v) is 4.58. The van der Waals surface area contributed by atoms with Crippen molar-refractivity contribution in [3.8, 4) is 0 Å². The van der Waals surface area contributed by atoms with Crippen LogP contribution in [-0.4, -0.2) is 37.3 Å². The monoisotopic (exact) mass is 199 g/mol. The Morgan fingerprint density at radius 1 is 1.64 bits per heavy atom. The van der Waals surface area contributed by atoms with Crippen LogP contribution in [0.1, 0.15) is 11.5 Å². The second kappa shape index (κ2) is 5.74. The van der Waals surface area contributed by atoms with Gasteiger partial charge in [-0.3, -0.25) is 4.90 Å². The highest BCUT2D eigenvalue weighted by molar-refractivity contribution is 5.04. The summed E-state index contributed by atoms with van der Waals surface area (Å²) >= 11 is 0. The van der Waals surface area contributed by atoms with E-state index in [9.17, 15) is 0 Å². The molecule has 0 saturated carbocycles. The summed E-state index contributed by atoms with van der Waals surface area (Å²) in [5, 5.41) is 3.92. The van der Waals surface area contributed by atoms with Gasteiger partial charge >= 0.3 is 0 Å². The molecule has 0 aliphatic rings. The molecule has 80 valence electrons. The number of nitrogens with two attached hydrogens (primary N) is 1. The van der Waals surface area contributed by atoms with Gasteiger partial charge in [0.1, 0.15) is 6.61 Å². The standard InChI is InChI=1S/C9H17N3O2/c1-12(4-3-10)6-8-5-9(7-13-2)14-11-8/h5H,3-4,6-7,10H2,1-2H3. The van der Waals surface area contributed by atoms with E-state index in [1.807, 2.05) is 13.1 Å². The van der Waals surface area contributed by atoms with E-state index in [4.69, 9.17) is 15.0 Å². The van der Waals surface area contributed by atoms with Crippen molar-refractivity contribution in [3.63, 3.8) is 0 Å². The van der Waals surface area contributed by atoms with Crippen molar-refractivity contribution >= 4 is 0 Å². The van der Waals surface area contributed by atoms with Crippen molar-refractivity contribution in [2.45, 2.75) is 13.2 Å². The van der Waals surface area contributed by atoms with Crippen LogP contribution in [0.25, 0.3) is 0 Å². The zero-order valence-corrected chi connectivity index (χ0v) is 8.69. The minimum absolute atomic E-state index is 0.466. The number of hydrogen-bond donors (Lipinski definition) is 1. The highest BCUT2D eigenvalue weighted by atomic mass is 16.5. The van der Waals surface area contributed by atoms with E-state index in [0.29, 0.717) is 13.2 Å². The first kappa shape index (κ1) is 11.2. The van der Waals surface area contributed by atoms with E-state index >= 15 is 0 Å². The van der Waals surface area contributed by atoms with Crippen molar-refractivity contribution in [1.82, 2.24) is 10.1 Å². The molecule has 0 unspecified atom stereocenters. The Morgan fingerprint density at radius 3 is 3.07 bits per heavy atom. The smallest absolute Gasteiger partial charge is 0.162 e. The molecule has 1 rings (SSSR count). The van der Waals surface area contributed by atoms with Crippen molar-refractivity contribution in [2.24, 2.45) is 5.73 Å². The number of nitrogens with zero attached hydrogens (tertiary/aromatic N) is 2. The largest absolute Gasteiger partial charge is 0.377 e. The van der Waals surface area contributed by atoms with Crippen LogP contribution in [0.3, 0.4) is 0 Å². The summed E-state index contributed by atoms with van der Waals surface area (Å²) < 4.78 is 9.98. The van der Waals surface area contributed by atoms with Crippen LogP contribution in [0.4, 0.5) is 0 Å². The zero-order chi connectivity index (χ0) is 10.4. The number of ether oxygens (including phenoxy) is 1. The second-order valence-corrected chi connectivity index (χ2v) is 3.24. The molecule has 0 spiro atoms. The molecule has 0 aliphatic carbocycles. The molecule has 1 heterocycles. The lowest BCUT2D eigenvalue weighted by Crippen LogP contribution is -2.25. The normalized spacial score (nSPS) is 11.1. The molecule has 0 radical (unpaired) electrons. The first-order chi connectivity index (χ1) is 6.76. The van der Waals surface area contributed by atoms with Gasteiger partial charge in [0, 0.05) is 32.8 Å². The first-order valence-electron chi connectivity index (χ1n) is 4.58. The van der Waals surface area contributed by atoms with E-state index in [1.54, 1.807) is 7.11 Å². The SMILES string of the molecule is COCc1cc(CN(C)CCN)no1. The molecule has 2 N–H and O–H groups in total. The van der Waals surface area contributed by atoms with Crippen LogP contribution in [0.5, 0.6) is 0 Å². The van der Waals surface area contributed by atoms with E-state index in [2.05, 4.69) is 10.1 Å². The molecule has 0 amide bonds. The van der Waals surface area contributed by atoms with E-state index in [1.165, 1.54) is 0 Å². The number of aromatic nitrogens is 1. The molecule has 5 nitrogen and oxygen atoms in total. The summed E-state index contributed by atoms with van der Waals surface area (Å²) in [6, 6.07) is 1.90. The molecule has 0 saturated heterocycles. The van der Waals surface area contributed by atoms with Crippen molar-refractivity contribution in [2.75, 3.05) is 27.2 Å². The van der Waals surface area contributed by atoms with Gasteiger partial charge in [0.05, 0.1) is 5.69 Å². The second-order valence-electron chi connectivity index (χ2n) is 3.24. The number of hydrogen-bond acceptors (Lipinski definition) is 5. The predicted molar refractivity (Wildman–Crippen MR) is 52.6 cm³/mol. The Morgan fingerprint density at radius 2 is 2.43 bits per heavy atom. The van der Waals surface area contributed by atoms with Crippen LogP contribution in [0.15, 0.2) is 10.6 Å². The molecule has 1 aromatic heterocycles. The fourth-order valence-corrected chi connectivity index (χ4v) is 1.22. The third-order valence-electron chi connectivity index (χ3n) is 1.84. The maximum absolute atomic E-state index is 5.43. The molecule has 0 atom stereocenters. The Bertz CT molecular complexity index is 262. The van der Waals surface area contributed by atoms with Gasteiger partial charge in [-0.05, 0) is 7.05 Å². The number of rotatable bonds is 6. The van der Waals surface area contributed by atoms with Gasteiger partial charge in [-0.25, -0.2) is 0 Å². The molecule has 1 aromatic rings. The molecular formula is C9H17N3O2. The van der Waals surface area contributed by atoms with Crippen molar-refractivity contribution in [3.05, 3.63) is 17.5 Å². The van der Waals surface area contributed by atoms with Crippen LogP contribution in [0, 0.1) is 0 Å². The highest BCUT2D eigenvalue weighted by Gasteiger charge is 2.05. The topological polar surface area (TPSA) is 64.5 Å². The van der Waals surface area contributed by atoms with Gasteiger partial charge in [-0.2, -0.15) is 0 Å². The molecule has 5 heteroatoms. The predicted octanol–water partition coefficient (Wildman–Crippen LogP) is 0.212. The fourth-order valence-electron chi connectivity index (χ4n) is 1.22. The third-order valence-corrected chi connectivity index (χ3v) is 1.84. The minimum Gasteiger partial charge on any atom is -0.377 e. The molecule has 0 bridgehead atoms. The van der Waals surface area contributed by atoms with Gasteiger partial charge in [0.25, 0.3) is 0 Å². The molecule has 0 aromatic carbocycles. The summed E-state index contributed by atoms with van der Waals surface area (Å²) in [4.78, 5) is 2.09. The summed E-state index contributed by atoms with van der Waals surface area (Å²) in [7, 11) is 3.63. The van der Waals surface area contributed by atoms with Gasteiger partial charge in [-0.1, -0.05) is 5.16 Å². The highest BCUT2D eigenvalue weighted by Crippen LogP contribution is 2.06. The lowest BCUT2D eigenvalue weighted by Gasteiger charge is -2.12. The number of likely N-dealkylation sites (N-methyl/N-ethyl adjacent to an activating group) is 1. The summed E-state index contributed by atoms with van der Waals surface area (Å²) in [5.41, 5.74) is 6.34. The van der Waals surface area contributed by atoms with E-state index in [-0.39, 0.29) is 0 Å². The Kier molecular flexibility index (Phi) is 4.58. The lowest BCUT2D eigenvalue weighted by molar-refractivity contribution is 0.155. The third kappa shape index (κ3) is 3.45. The van der Waals surface area contributed by atoms with Crippen molar-refractivity contribution < 1.29 is 9.26 Å².